The van der Waals surface area contributed by atoms with Gasteiger partial charge in [0, 0.05) is 16.6 Å². The molecule has 0 aliphatic heterocycles. The van der Waals surface area contributed by atoms with Crippen molar-refractivity contribution < 1.29 is 9.53 Å². The van der Waals surface area contributed by atoms with E-state index in [9.17, 15) is 4.79 Å². The summed E-state index contributed by atoms with van der Waals surface area (Å²) in [6.07, 6.45) is 2.04. The zero-order chi connectivity index (χ0) is 15.8. The Kier molecular flexibility index (Phi) is 7.54. The van der Waals surface area contributed by atoms with Crippen molar-refractivity contribution in [3.8, 4) is 5.75 Å². The minimum Gasteiger partial charge on any atom is -0.481 e. The first-order valence-electron chi connectivity index (χ1n) is 7.44. The second-order valence-electron chi connectivity index (χ2n) is 5.21. The molecule has 0 aliphatic carbocycles. The van der Waals surface area contributed by atoms with E-state index in [1.807, 2.05) is 19.1 Å². The average Bonchev–Trinajstić information content (AvgIpc) is 2.42. The molecule has 4 nitrogen and oxygen atoms in total. The Morgan fingerprint density at radius 3 is 2.76 bits per heavy atom. The molecule has 0 fully saturated rings. The molecule has 0 radical (unpaired) electrons. The molecule has 0 spiro atoms. The normalized spacial score (nSPS) is 13.6. The van der Waals surface area contributed by atoms with Crippen LogP contribution in [-0.2, 0) is 11.2 Å². The Morgan fingerprint density at radius 1 is 1.43 bits per heavy atom. The SMILES string of the molecule is CCCC(C)NC(=O)C(C)Oc1cccc(Cl)c1CCN. The van der Waals surface area contributed by atoms with E-state index in [2.05, 4.69) is 12.2 Å². The van der Waals surface area contributed by atoms with E-state index in [-0.39, 0.29) is 11.9 Å². The number of carbonyl (C=O) groups excluding carboxylic acids is 1. The number of halogens is 1. The van der Waals surface area contributed by atoms with Crippen LogP contribution in [0.15, 0.2) is 18.2 Å². The van der Waals surface area contributed by atoms with E-state index < -0.39 is 6.10 Å². The molecule has 0 saturated carbocycles. The van der Waals surface area contributed by atoms with Crippen molar-refractivity contribution in [3.05, 3.63) is 28.8 Å². The Hall–Kier alpha value is -1.26. The first-order chi connectivity index (χ1) is 9.99. The summed E-state index contributed by atoms with van der Waals surface area (Å²) in [5.41, 5.74) is 6.44. The van der Waals surface area contributed by atoms with Gasteiger partial charge in [-0.2, -0.15) is 0 Å². The zero-order valence-corrected chi connectivity index (χ0v) is 13.7. The highest BCUT2D eigenvalue weighted by Crippen LogP contribution is 2.27. The molecule has 0 heterocycles. The fourth-order valence-electron chi connectivity index (χ4n) is 2.15. The molecule has 3 N–H and O–H groups in total. The van der Waals surface area contributed by atoms with Crippen LogP contribution in [0.1, 0.15) is 39.2 Å². The Bertz CT molecular complexity index is 466. The number of carbonyl (C=O) groups is 1. The van der Waals surface area contributed by atoms with Crippen LogP contribution < -0.4 is 15.8 Å². The average molecular weight is 313 g/mol. The third kappa shape index (κ3) is 5.56. The smallest absolute Gasteiger partial charge is 0.260 e. The molecule has 1 rings (SSSR count). The van der Waals surface area contributed by atoms with Gasteiger partial charge in [-0.1, -0.05) is 31.0 Å². The molecule has 0 saturated heterocycles. The maximum absolute atomic E-state index is 12.1. The van der Waals surface area contributed by atoms with Crippen LogP contribution in [0.3, 0.4) is 0 Å². The van der Waals surface area contributed by atoms with E-state index in [1.54, 1.807) is 13.0 Å². The topological polar surface area (TPSA) is 64.3 Å². The van der Waals surface area contributed by atoms with Gasteiger partial charge in [0.15, 0.2) is 6.10 Å². The first-order valence-corrected chi connectivity index (χ1v) is 7.81. The fraction of sp³-hybridized carbons (Fsp3) is 0.562. The molecule has 1 aromatic rings. The summed E-state index contributed by atoms with van der Waals surface area (Å²) in [6, 6.07) is 5.57. The van der Waals surface area contributed by atoms with Gasteiger partial charge in [0.05, 0.1) is 0 Å². The number of rotatable bonds is 8. The van der Waals surface area contributed by atoms with Crippen LogP contribution in [-0.4, -0.2) is 24.6 Å². The van der Waals surface area contributed by atoms with E-state index in [4.69, 9.17) is 22.1 Å². The standard InChI is InChI=1S/C16H25ClN2O2/c1-4-6-11(2)19-16(20)12(3)21-15-8-5-7-14(17)13(15)9-10-18/h5,7-8,11-12H,4,6,9-10,18H2,1-3H3,(H,19,20). The van der Waals surface area contributed by atoms with Crippen LogP contribution >= 0.6 is 11.6 Å². The number of amides is 1. The second kappa shape index (κ2) is 8.90. The highest BCUT2D eigenvalue weighted by Gasteiger charge is 2.18. The molecule has 0 bridgehead atoms. The Morgan fingerprint density at radius 2 is 2.14 bits per heavy atom. The molecular formula is C16H25ClN2O2. The molecule has 118 valence electrons. The quantitative estimate of drug-likeness (QED) is 0.775. The lowest BCUT2D eigenvalue weighted by atomic mass is 10.1. The summed E-state index contributed by atoms with van der Waals surface area (Å²) in [6.45, 7) is 6.30. The number of nitrogens with one attached hydrogen (secondary N) is 1. The van der Waals surface area contributed by atoms with Gasteiger partial charge in [0.25, 0.3) is 5.91 Å². The van der Waals surface area contributed by atoms with E-state index in [1.165, 1.54) is 0 Å². The van der Waals surface area contributed by atoms with Crippen molar-refractivity contribution in [1.29, 1.82) is 0 Å². The van der Waals surface area contributed by atoms with Crippen LogP contribution in [0.2, 0.25) is 5.02 Å². The lowest BCUT2D eigenvalue weighted by Crippen LogP contribution is -2.41. The summed E-state index contributed by atoms with van der Waals surface area (Å²) in [5.74, 6) is 0.508. The van der Waals surface area contributed by atoms with Crippen LogP contribution in [0.5, 0.6) is 5.75 Å². The van der Waals surface area contributed by atoms with E-state index in [0.29, 0.717) is 23.7 Å². The van der Waals surface area contributed by atoms with Crippen molar-refractivity contribution in [3.63, 3.8) is 0 Å². The van der Waals surface area contributed by atoms with Gasteiger partial charge in [0.1, 0.15) is 5.75 Å². The lowest BCUT2D eigenvalue weighted by Gasteiger charge is -2.20. The third-order valence-electron chi connectivity index (χ3n) is 3.25. The van der Waals surface area contributed by atoms with Crippen molar-refractivity contribution in [2.75, 3.05) is 6.54 Å². The van der Waals surface area contributed by atoms with Gasteiger partial charge in [-0.25, -0.2) is 0 Å². The van der Waals surface area contributed by atoms with Crippen molar-refractivity contribution >= 4 is 17.5 Å². The van der Waals surface area contributed by atoms with Gasteiger partial charge < -0.3 is 15.8 Å². The summed E-state index contributed by atoms with van der Waals surface area (Å²) in [7, 11) is 0. The number of hydrogen-bond acceptors (Lipinski definition) is 3. The third-order valence-corrected chi connectivity index (χ3v) is 3.61. The molecule has 2 unspecified atom stereocenters. The highest BCUT2D eigenvalue weighted by atomic mass is 35.5. The molecule has 1 amide bonds. The number of benzene rings is 1. The van der Waals surface area contributed by atoms with Crippen LogP contribution in [0, 0.1) is 0 Å². The number of hydrogen-bond donors (Lipinski definition) is 2. The zero-order valence-electron chi connectivity index (χ0n) is 13.0. The highest BCUT2D eigenvalue weighted by molar-refractivity contribution is 6.31. The summed E-state index contributed by atoms with van der Waals surface area (Å²) in [4.78, 5) is 12.1. The fourth-order valence-corrected chi connectivity index (χ4v) is 2.41. The monoisotopic (exact) mass is 312 g/mol. The summed E-state index contributed by atoms with van der Waals surface area (Å²) < 4.78 is 5.77. The number of ether oxygens (including phenoxy) is 1. The molecule has 2 atom stereocenters. The molecule has 21 heavy (non-hydrogen) atoms. The summed E-state index contributed by atoms with van der Waals surface area (Å²) in [5, 5.41) is 3.56. The maximum Gasteiger partial charge on any atom is 0.260 e. The predicted octanol–water partition coefficient (Wildman–Crippen LogP) is 2.91. The predicted molar refractivity (Wildman–Crippen MR) is 86.8 cm³/mol. The molecule has 0 aromatic heterocycles. The Balaban J connectivity index is 2.72. The van der Waals surface area contributed by atoms with Crippen molar-refractivity contribution in [2.45, 2.75) is 52.2 Å². The summed E-state index contributed by atoms with van der Waals surface area (Å²) >= 11 is 6.16. The van der Waals surface area contributed by atoms with Gasteiger partial charge in [-0.3, -0.25) is 4.79 Å². The van der Waals surface area contributed by atoms with Gasteiger partial charge in [0.2, 0.25) is 0 Å². The van der Waals surface area contributed by atoms with Crippen LogP contribution in [0.25, 0.3) is 0 Å². The van der Waals surface area contributed by atoms with E-state index in [0.717, 1.165) is 18.4 Å². The van der Waals surface area contributed by atoms with Crippen molar-refractivity contribution in [2.24, 2.45) is 5.73 Å². The Labute approximate surface area is 132 Å². The van der Waals surface area contributed by atoms with Gasteiger partial charge in [-0.05, 0) is 45.4 Å². The minimum atomic E-state index is -0.570. The van der Waals surface area contributed by atoms with Gasteiger partial charge in [-0.15, -0.1) is 0 Å². The largest absolute Gasteiger partial charge is 0.481 e. The molecule has 1 aromatic carbocycles. The molecule has 0 aliphatic rings. The lowest BCUT2D eigenvalue weighted by molar-refractivity contribution is -0.127. The number of nitrogens with two attached hydrogens (primary N) is 1. The minimum absolute atomic E-state index is 0.116. The maximum atomic E-state index is 12.1. The van der Waals surface area contributed by atoms with Crippen molar-refractivity contribution in [1.82, 2.24) is 5.32 Å². The molecular weight excluding hydrogens is 288 g/mol. The van der Waals surface area contributed by atoms with E-state index >= 15 is 0 Å². The van der Waals surface area contributed by atoms with Crippen LogP contribution in [0.4, 0.5) is 0 Å². The van der Waals surface area contributed by atoms with Gasteiger partial charge >= 0.3 is 0 Å². The molecule has 5 heteroatoms. The second-order valence-corrected chi connectivity index (χ2v) is 5.62. The first kappa shape index (κ1) is 17.8.